The molecular weight excluding hydrogens is 480 g/mol. The van der Waals surface area contributed by atoms with Crippen LogP contribution in [0, 0.1) is 34.5 Å². The number of hydrogen-bond acceptors (Lipinski definition) is 7. The molecule has 0 bridgehead atoms. The van der Waals surface area contributed by atoms with E-state index < -0.39 is 0 Å². The highest BCUT2D eigenvalue weighted by molar-refractivity contribution is 5.68. The number of fused-ring (bicyclic) bond motifs is 5. The van der Waals surface area contributed by atoms with Gasteiger partial charge in [-0.2, -0.15) is 0 Å². The summed E-state index contributed by atoms with van der Waals surface area (Å²) in [6.07, 6.45) is 13.9. The molecule has 8 heteroatoms. The van der Waals surface area contributed by atoms with Gasteiger partial charge in [0.1, 0.15) is 12.6 Å². The summed E-state index contributed by atoms with van der Waals surface area (Å²) in [7, 11) is 0. The number of esters is 2. The first-order valence-corrected chi connectivity index (χ1v) is 14.8. The molecular formula is C30H46N4O4. The van der Waals surface area contributed by atoms with Crippen LogP contribution in [0.3, 0.4) is 0 Å². The summed E-state index contributed by atoms with van der Waals surface area (Å²) in [5.74, 6) is 2.47. The molecule has 1 N–H and O–H groups in total. The van der Waals surface area contributed by atoms with Gasteiger partial charge in [-0.25, -0.2) is 4.68 Å². The summed E-state index contributed by atoms with van der Waals surface area (Å²) in [5.41, 5.74) is 3.02. The molecule has 38 heavy (non-hydrogen) atoms. The van der Waals surface area contributed by atoms with Crippen molar-refractivity contribution in [3.8, 4) is 0 Å². The number of ether oxygens (including phenoxy) is 2. The lowest BCUT2D eigenvalue weighted by atomic mass is 9.47. The zero-order chi connectivity index (χ0) is 27.1. The highest BCUT2D eigenvalue weighted by Gasteiger charge is 2.59. The lowest BCUT2D eigenvalue weighted by molar-refractivity contribution is -0.149. The summed E-state index contributed by atoms with van der Waals surface area (Å²) >= 11 is 0. The van der Waals surface area contributed by atoms with Gasteiger partial charge in [-0.15, -0.1) is 5.10 Å². The van der Waals surface area contributed by atoms with Crippen molar-refractivity contribution in [2.45, 2.75) is 111 Å². The van der Waals surface area contributed by atoms with Crippen LogP contribution in [0.4, 0.5) is 0 Å². The quantitative estimate of drug-likeness (QED) is 0.383. The fraction of sp³-hybridized carbons (Fsp3) is 0.800. The number of hydrogen-bond donors (Lipinski definition) is 1. The van der Waals surface area contributed by atoms with E-state index in [1.54, 1.807) is 17.2 Å². The van der Waals surface area contributed by atoms with Crippen molar-refractivity contribution in [1.82, 2.24) is 20.3 Å². The van der Waals surface area contributed by atoms with Crippen LogP contribution < -0.4 is 5.32 Å². The molecule has 3 fully saturated rings. The molecule has 3 saturated carbocycles. The first-order valence-electron chi connectivity index (χ1n) is 14.8. The normalized spacial score (nSPS) is 36.9. The maximum atomic E-state index is 11.7. The minimum atomic E-state index is -0.290. The molecule has 5 rings (SSSR count). The Morgan fingerprint density at radius 2 is 2.00 bits per heavy atom. The first kappa shape index (κ1) is 27.4. The largest absolute Gasteiger partial charge is 0.465 e. The number of carbonyl (C=O) groups excluding carboxylic acids is 2. The minimum Gasteiger partial charge on any atom is -0.465 e. The summed E-state index contributed by atoms with van der Waals surface area (Å²) < 4.78 is 12.2. The smallest absolute Gasteiger partial charge is 0.327 e. The Morgan fingerprint density at radius 3 is 2.76 bits per heavy atom. The Hall–Kier alpha value is -2.22. The van der Waals surface area contributed by atoms with Gasteiger partial charge in [-0.3, -0.25) is 9.59 Å². The van der Waals surface area contributed by atoms with Gasteiger partial charge in [-0.1, -0.05) is 30.7 Å². The maximum absolute atomic E-state index is 11.7. The molecule has 210 valence electrons. The molecule has 4 aliphatic rings. The third-order valence-electron chi connectivity index (χ3n) is 10.9. The molecule has 0 aliphatic heterocycles. The van der Waals surface area contributed by atoms with E-state index in [1.807, 2.05) is 6.20 Å². The van der Waals surface area contributed by atoms with Crippen LogP contribution >= 0.6 is 0 Å². The van der Waals surface area contributed by atoms with Gasteiger partial charge < -0.3 is 14.8 Å². The molecule has 1 heterocycles. The van der Waals surface area contributed by atoms with Gasteiger partial charge in [-0.05, 0) is 93.3 Å². The van der Waals surface area contributed by atoms with E-state index >= 15 is 0 Å². The average Bonchev–Trinajstić information content (AvgIpc) is 3.46. The Balaban J connectivity index is 1.21. The molecule has 0 saturated heterocycles. The number of aromatic nitrogens is 3. The minimum absolute atomic E-state index is 0.0618. The van der Waals surface area contributed by atoms with Crippen LogP contribution in [-0.4, -0.2) is 45.7 Å². The van der Waals surface area contributed by atoms with E-state index in [0.717, 1.165) is 42.7 Å². The van der Waals surface area contributed by atoms with Gasteiger partial charge in [0, 0.05) is 25.9 Å². The summed E-state index contributed by atoms with van der Waals surface area (Å²) in [5, 5.41) is 12.1. The van der Waals surface area contributed by atoms with Gasteiger partial charge in [0.25, 0.3) is 0 Å². The van der Waals surface area contributed by atoms with Crippen molar-refractivity contribution in [3.63, 3.8) is 0 Å². The van der Waals surface area contributed by atoms with E-state index in [0.29, 0.717) is 30.5 Å². The van der Waals surface area contributed by atoms with E-state index in [2.05, 4.69) is 42.5 Å². The molecule has 1 aromatic rings. The molecule has 1 aromatic heterocycles. The molecule has 0 spiro atoms. The third kappa shape index (κ3) is 5.05. The summed E-state index contributed by atoms with van der Waals surface area (Å²) in [4.78, 5) is 23.3. The average molecular weight is 527 g/mol. The van der Waals surface area contributed by atoms with Crippen LogP contribution in [0.5, 0.6) is 0 Å². The van der Waals surface area contributed by atoms with Crippen LogP contribution in [0.25, 0.3) is 0 Å². The molecule has 8 atom stereocenters. The van der Waals surface area contributed by atoms with Crippen LogP contribution in [-0.2, 0) is 32.2 Å². The highest BCUT2D eigenvalue weighted by atomic mass is 16.5. The van der Waals surface area contributed by atoms with E-state index in [4.69, 9.17) is 9.47 Å². The van der Waals surface area contributed by atoms with Gasteiger partial charge in [0.2, 0.25) is 0 Å². The number of carbonyl (C=O) groups is 2. The van der Waals surface area contributed by atoms with Crippen molar-refractivity contribution >= 4 is 11.9 Å². The molecule has 8 nitrogen and oxygen atoms in total. The van der Waals surface area contributed by atoms with E-state index in [-0.39, 0.29) is 30.0 Å². The van der Waals surface area contributed by atoms with Crippen molar-refractivity contribution in [1.29, 1.82) is 0 Å². The lowest BCUT2D eigenvalue weighted by Gasteiger charge is -2.58. The second-order valence-electron chi connectivity index (χ2n) is 12.8. The summed E-state index contributed by atoms with van der Waals surface area (Å²) in [6.45, 7) is 11.9. The van der Waals surface area contributed by atoms with Crippen LogP contribution in [0.15, 0.2) is 17.8 Å². The van der Waals surface area contributed by atoms with Crippen molar-refractivity contribution in [3.05, 3.63) is 23.5 Å². The van der Waals surface area contributed by atoms with Gasteiger partial charge >= 0.3 is 11.9 Å². The van der Waals surface area contributed by atoms with Crippen molar-refractivity contribution < 1.29 is 19.1 Å². The topological polar surface area (TPSA) is 95.3 Å². The highest BCUT2D eigenvalue weighted by Crippen LogP contribution is 2.66. The predicted octanol–water partition coefficient (Wildman–Crippen LogP) is 4.83. The first-order chi connectivity index (χ1) is 18.1. The van der Waals surface area contributed by atoms with Crippen molar-refractivity contribution in [2.75, 3.05) is 6.61 Å². The molecule has 0 aromatic carbocycles. The maximum Gasteiger partial charge on any atom is 0.327 e. The predicted molar refractivity (Wildman–Crippen MR) is 144 cm³/mol. The fourth-order valence-electron chi connectivity index (χ4n) is 9.07. The fourth-order valence-corrected chi connectivity index (χ4v) is 9.07. The van der Waals surface area contributed by atoms with E-state index in [1.165, 1.54) is 39.0 Å². The zero-order valence-corrected chi connectivity index (χ0v) is 23.9. The number of nitrogens with zero attached hydrogens (tertiary/aromatic N) is 3. The SMILES string of the molecule is CCOC(=O)Cn1cc(CN[C@@H](C)[C@H]2CC[C@H]3[C@@H]4CC=C5C[C@@H](OC(C)=O)CC[C@]5(C)[C@H]4CC[C@]23C)nn1. The van der Waals surface area contributed by atoms with E-state index in [9.17, 15) is 9.59 Å². The zero-order valence-electron chi connectivity index (χ0n) is 23.9. The van der Waals surface area contributed by atoms with Crippen molar-refractivity contribution in [2.24, 2.45) is 34.5 Å². The molecule has 4 aliphatic carbocycles. The van der Waals surface area contributed by atoms with Gasteiger partial charge in [0.05, 0.1) is 18.5 Å². The van der Waals surface area contributed by atoms with Gasteiger partial charge in [0.15, 0.2) is 0 Å². The third-order valence-corrected chi connectivity index (χ3v) is 10.9. The monoisotopic (exact) mass is 526 g/mol. The van der Waals surface area contributed by atoms with Crippen LogP contribution in [0.2, 0.25) is 0 Å². The summed E-state index contributed by atoms with van der Waals surface area (Å²) in [6, 6.07) is 0.390. The Bertz CT molecular complexity index is 1070. The molecule has 0 radical (unpaired) electrons. The standard InChI is InChI=1S/C30H46N4O4/c1-6-37-28(36)18-34-17-22(32-33-34)16-31-19(2)25-9-10-26-24-8-7-21-15-23(38-20(3)35)11-13-29(21,4)27(24)12-14-30(25,26)5/h7,17,19,23-27,31H,6,8-16,18H2,1-5H3/t19-,23-,24-,25+,26-,27-,29-,30+/m0/s1. The Labute approximate surface area is 227 Å². The lowest BCUT2D eigenvalue weighted by Crippen LogP contribution is -2.52. The van der Waals surface area contributed by atoms with Crippen LogP contribution in [0.1, 0.15) is 91.7 Å². The Kier molecular flexibility index (Phi) is 7.73. The number of nitrogens with one attached hydrogen (secondary N) is 1. The molecule has 0 unspecified atom stereocenters. The number of rotatable bonds is 8. The second-order valence-corrected chi connectivity index (χ2v) is 12.8. The second kappa shape index (κ2) is 10.7. The molecule has 0 amide bonds. The number of allylic oxidation sites excluding steroid dienone is 1. The Morgan fingerprint density at radius 1 is 1.18 bits per heavy atom.